The highest BCUT2D eigenvalue weighted by atomic mass is 32.1. The van der Waals surface area contributed by atoms with Gasteiger partial charge < -0.3 is 21.1 Å². The normalized spacial score (nSPS) is 14.3. The van der Waals surface area contributed by atoms with Crippen LogP contribution in [0.1, 0.15) is 9.75 Å². The van der Waals surface area contributed by atoms with E-state index in [9.17, 15) is 0 Å². The van der Waals surface area contributed by atoms with Crippen molar-refractivity contribution in [3.05, 3.63) is 106 Å². The summed E-state index contributed by atoms with van der Waals surface area (Å²) in [6.45, 7) is 3.93. The molecule has 4 N–H and O–H groups in total. The Balaban J connectivity index is 0.000000140. The standard InChI is InChI=1S/C19H16N4S2.C18H14N4S2.CH4O/c1-23-7-5-12(10-23)18-9-14-15(4-6-20-19(14)25-18)22-13-2-3-17-16(8-13)21-11-24-17;1-2-16-15(21-10-23-16)7-12(1)22-14-4-6-20-18-13(14)8-17(24-18)11-3-5-19-9-11;1-2/h2-6,8-9,11H,7,10H2,1H3,(H,20,22);1-4,6-8,10,19H,5,9H2,(H,20,22);2H,1H3. The Labute approximate surface area is 310 Å². The molecule has 9 nitrogen and oxygen atoms in total. The van der Waals surface area contributed by atoms with Gasteiger partial charge in [-0.05, 0) is 78.9 Å². The molecular weight excluding hydrogens is 713 g/mol. The molecule has 0 bridgehead atoms. The number of likely N-dealkylation sites (N-methyl/N-ethyl adjacent to an activating group) is 1. The predicted octanol–water partition coefficient (Wildman–Crippen LogP) is 9.22. The van der Waals surface area contributed by atoms with Crippen LogP contribution in [0.3, 0.4) is 0 Å². The van der Waals surface area contributed by atoms with Crippen molar-refractivity contribution in [2.75, 3.05) is 51.0 Å². The van der Waals surface area contributed by atoms with E-state index < -0.39 is 0 Å². The fourth-order valence-corrected chi connectivity index (χ4v) is 9.56. The number of hydrogen-bond acceptors (Lipinski definition) is 13. The molecule has 0 saturated heterocycles. The molecule has 13 heteroatoms. The SMILES string of the molecule is C1=C(c2cc3c(Nc4ccc5scnc5c4)ccnc3s2)CNC1.CN1CC=C(c2cc3c(Nc4ccc5scnc5c4)ccnc3s2)C1.CO. The lowest BCUT2D eigenvalue weighted by Gasteiger charge is -2.07. The van der Waals surface area contributed by atoms with Crippen LogP contribution in [-0.2, 0) is 0 Å². The van der Waals surface area contributed by atoms with Crippen LogP contribution >= 0.6 is 45.3 Å². The maximum atomic E-state index is 7.00. The van der Waals surface area contributed by atoms with Gasteiger partial charge in [-0.15, -0.1) is 45.3 Å². The van der Waals surface area contributed by atoms with Gasteiger partial charge in [0.15, 0.2) is 0 Å². The molecule has 6 aromatic heterocycles. The number of aliphatic hydroxyl groups excluding tert-OH is 1. The van der Waals surface area contributed by atoms with Gasteiger partial charge in [-0.3, -0.25) is 4.90 Å². The van der Waals surface area contributed by atoms with Crippen molar-refractivity contribution >= 4 is 120 Å². The number of benzene rings is 2. The first kappa shape index (κ1) is 33.5. The average Bonchev–Trinajstić information content (AvgIpc) is 4.01. The van der Waals surface area contributed by atoms with Gasteiger partial charge in [0.05, 0.1) is 42.8 Å². The molecule has 0 unspecified atom stereocenters. The number of fused-ring (bicyclic) bond motifs is 4. The summed E-state index contributed by atoms with van der Waals surface area (Å²) in [6.07, 6.45) is 8.32. The van der Waals surface area contributed by atoms with E-state index >= 15 is 0 Å². The minimum absolute atomic E-state index is 0.941. The maximum Gasteiger partial charge on any atom is 0.125 e. The minimum atomic E-state index is 0.941. The van der Waals surface area contributed by atoms with Gasteiger partial charge in [-0.2, -0.15) is 0 Å². The van der Waals surface area contributed by atoms with Gasteiger partial charge in [-0.25, -0.2) is 19.9 Å². The Morgan fingerprint density at radius 2 is 1.25 bits per heavy atom. The Hall–Kier alpha value is -4.60. The molecule has 8 heterocycles. The quantitative estimate of drug-likeness (QED) is 0.132. The molecule has 2 aliphatic heterocycles. The number of hydrogen-bond donors (Lipinski definition) is 4. The number of nitrogens with one attached hydrogen (secondary N) is 3. The van der Waals surface area contributed by atoms with Crippen LogP contribution < -0.4 is 16.0 Å². The fraction of sp³-hybridized carbons (Fsp3) is 0.158. The van der Waals surface area contributed by atoms with Gasteiger partial charge in [0.2, 0.25) is 0 Å². The van der Waals surface area contributed by atoms with Crippen molar-refractivity contribution in [2.24, 2.45) is 0 Å². The number of aliphatic hydroxyl groups is 1. The Bertz CT molecular complexity index is 2550. The molecule has 0 radical (unpaired) electrons. The van der Waals surface area contributed by atoms with E-state index in [1.54, 1.807) is 45.3 Å². The first-order valence-corrected chi connectivity index (χ1v) is 19.7. The number of thiophene rings is 2. The summed E-state index contributed by atoms with van der Waals surface area (Å²) in [4.78, 5) is 25.0. The van der Waals surface area contributed by atoms with Gasteiger partial charge in [0.1, 0.15) is 9.66 Å². The van der Waals surface area contributed by atoms with E-state index in [2.05, 4.69) is 109 Å². The lowest BCUT2D eigenvalue weighted by molar-refractivity contribution is 0.399. The molecule has 10 rings (SSSR count). The van der Waals surface area contributed by atoms with Crippen molar-refractivity contribution in [3.8, 4) is 0 Å². The number of thiazole rings is 2. The van der Waals surface area contributed by atoms with E-state index in [0.29, 0.717) is 0 Å². The number of nitrogens with zero attached hydrogens (tertiary/aromatic N) is 5. The fourth-order valence-electron chi connectivity index (χ4n) is 6.12. The highest BCUT2D eigenvalue weighted by Crippen LogP contribution is 2.37. The van der Waals surface area contributed by atoms with E-state index in [4.69, 9.17) is 5.11 Å². The summed E-state index contributed by atoms with van der Waals surface area (Å²) in [5, 5.41) is 19.8. The third-order valence-corrected chi connectivity index (χ3v) is 12.5. The number of pyridine rings is 2. The zero-order valence-corrected chi connectivity index (χ0v) is 31.1. The minimum Gasteiger partial charge on any atom is -0.400 e. The molecule has 51 heavy (non-hydrogen) atoms. The maximum absolute atomic E-state index is 7.00. The van der Waals surface area contributed by atoms with Crippen LogP contribution in [0.2, 0.25) is 0 Å². The van der Waals surface area contributed by atoms with Crippen molar-refractivity contribution < 1.29 is 5.11 Å². The van der Waals surface area contributed by atoms with E-state index in [-0.39, 0.29) is 0 Å². The summed E-state index contributed by atoms with van der Waals surface area (Å²) >= 11 is 6.85. The van der Waals surface area contributed by atoms with Crippen molar-refractivity contribution in [3.63, 3.8) is 0 Å². The van der Waals surface area contributed by atoms with Crippen molar-refractivity contribution in [1.82, 2.24) is 30.2 Å². The summed E-state index contributed by atoms with van der Waals surface area (Å²) in [5.41, 5.74) is 12.9. The molecular formula is C38H34N8OS4. The summed E-state index contributed by atoms with van der Waals surface area (Å²) < 4.78 is 2.42. The molecule has 256 valence electrons. The lowest BCUT2D eigenvalue weighted by Crippen LogP contribution is -2.13. The van der Waals surface area contributed by atoms with Gasteiger partial charge in [0, 0.05) is 77.6 Å². The first-order valence-electron chi connectivity index (χ1n) is 16.3. The molecule has 2 aromatic carbocycles. The van der Waals surface area contributed by atoms with Crippen molar-refractivity contribution in [2.45, 2.75) is 0 Å². The van der Waals surface area contributed by atoms with Crippen LogP contribution in [0.25, 0.3) is 52.0 Å². The largest absolute Gasteiger partial charge is 0.400 e. The highest BCUT2D eigenvalue weighted by molar-refractivity contribution is 7.20. The molecule has 8 aromatic rings. The lowest BCUT2D eigenvalue weighted by atomic mass is 10.2. The molecule has 0 spiro atoms. The summed E-state index contributed by atoms with van der Waals surface area (Å²) in [5.74, 6) is 0. The van der Waals surface area contributed by atoms with E-state index in [1.165, 1.54) is 41.1 Å². The second-order valence-corrected chi connectivity index (χ2v) is 15.8. The summed E-state index contributed by atoms with van der Waals surface area (Å²) in [6, 6.07) is 21.2. The predicted molar refractivity (Wildman–Crippen MR) is 220 cm³/mol. The molecule has 0 fully saturated rings. The third kappa shape index (κ3) is 7.14. The van der Waals surface area contributed by atoms with Crippen LogP contribution in [0, 0.1) is 0 Å². The molecule has 0 amide bonds. The van der Waals surface area contributed by atoms with Gasteiger partial charge in [-0.1, -0.05) is 12.2 Å². The summed E-state index contributed by atoms with van der Waals surface area (Å²) in [7, 11) is 3.15. The Morgan fingerprint density at radius 1 is 0.686 bits per heavy atom. The van der Waals surface area contributed by atoms with Crippen molar-refractivity contribution in [1.29, 1.82) is 0 Å². The van der Waals surface area contributed by atoms with Crippen LogP contribution in [-0.4, -0.2) is 70.3 Å². The smallest absolute Gasteiger partial charge is 0.125 e. The van der Waals surface area contributed by atoms with Crippen LogP contribution in [0.15, 0.2) is 96.2 Å². The van der Waals surface area contributed by atoms with Crippen LogP contribution in [0.4, 0.5) is 22.7 Å². The van der Waals surface area contributed by atoms with E-state index in [0.717, 1.165) is 76.7 Å². The number of aromatic nitrogens is 4. The highest BCUT2D eigenvalue weighted by Gasteiger charge is 2.16. The zero-order valence-electron chi connectivity index (χ0n) is 27.9. The monoisotopic (exact) mass is 746 g/mol. The van der Waals surface area contributed by atoms with Crippen LogP contribution in [0.5, 0.6) is 0 Å². The van der Waals surface area contributed by atoms with Gasteiger partial charge in [0.25, 0.3) is 0 Å². The number of rotatable bonds is 6. The van der Waals surface area contributed by atoms with E-state index in [1.807, 2.05) is 35.5 Å². The average molecular weight is 747 g/mol. The number of anilines is 4. The third-order valence-electron chi connectivity index (χ3n) is 8.62. The molecule has 0 atom stereocenters. The molecule has 2 aliphatic rings. The second-order valence-electron chi connectivity index (χ2n) is 12.0. The molecule has 0 saturated carbocycles. The topological polar surface area (TPSA) is 111 Å². The zero-order chi connectivity index (χ0) is 34.7. The second kappa shape index (κ2) is 14.9. The van der Waals surface area contributed by atoms with Gasteiger partial charge >= 0.3 is 0 Å². The first-order chi connectivity index (χ1) is 25.1. The Kier molecular flexibility index (Phi) is 9.82. The Morgan fingerprint density at radius 3 is 1.76 bits per heavy atom. The molecule has 0 aliphatic carbocycles.